The Morgan fingerprint density at radius 2 is 1.85 bits per heavy atom. The molecule has 0 radical (unpaired) electrons. The minimum Gasteiger partial charge on any atom is -0.293 e. The summed E-state index contributed by atoms with van der Waals surface area (Å²) >= 11 is 0. The normalized spacial score (nSPS) is 21.4. The van der Waals surface area contributed by atoms with Gasteiger partial charge in [-0.05, 0) is 24.0 Å². The molecule has 2 unspecified atom stereocenters. The topological polar surface area (TPSA) is 59.9 Å². The van der Waals surface area contributed by atoms with Gasteiger partial charge in [0, 0.05) is 18.0 Å². The van der Waals surface area contributed by atoms with Crippen LogP contribution in [0.5, 0.6) is 0 Å². The number of rotatable bonds is 2. The largest absolute Gasteiger partial charge is 0.293 e. The third kappa shape index (κ3) is 2.03. The summed E-state index contributed by atoms with van der Waals surface area (Å²) in [5, 5.41) is 0. The molecule has 3 rings (SSSR count). The van der Waals surface area contributed by atoms with Crippen molar-refractivity contribution in [2.75, 3.05) is 0 Å². The number of ketones is 2. The number of benzene rings is 1. The number of Topliss-reactive ketones (excluding diaryl/α,β-unsaturated/α-hetero) is 2. The van der Waals surface area contributed by atoms with Gasteiger partial charge in [-0.1, -0.05) is 31.2 Å². The second-order valence-corrected chi connectivity index (χ2v) is 5.08. The van der Waals surface area contributed by atoms with E-state index in [9.17, 15) is 9.59 Å². The number of carbonyl (C=O) groups excluding carboxylic acids is 2. The summed E-state index contributed by atoms with van der Waals surface area (Å²) in [6.45, 7) is 2.04. The maximum absolute atomic E-state index is 12.5. The van der Waals surface area contributed by atoms with E-state index in [0.717, 1.165) is 5.56 Å². The fourth-order valence-electron chi connectivity index (χ4n) is 2.73. The Hall–Kier alpha value is -2.36. The van der Waals surface area contributed by atoms with Gasteiger partial charge in [0.1, 0.15) is 0 Å². The van der Waals surface area contributed by atoms with Gasteiger partial charge in [0.15, 0.2) is 11.6 Å². The molecule has 20 heavy (non-hydrogen) atoms. The third-order valence-electron chi connectivity index (χ3n) is 3.77. The number of fused-ring (bicyclic) bond motifs is 1. The van der Waals surface area contributed by atoms with Gasteiger partial charge in [0.2, 0.25) is 5.78 Å². The van der Waals surface area contributed by atoms with Crippen molar-refractivity contribution in [1.82, 2.24) is 9.97 Å². The predicted octanol–water partition coefficient (Wildman–Crippen LogP) is 2.67. The van der Waals surface area contributed by atoms with E-state index >= 15 is 0 Å². The van der Waals surface area contributed by atoms with Gasteiger partial charge in [0.05, 0.1) is 5.92 Å². The highest BCUT2D eigenvalue weighted by Crippen LogP contribution is 2.35. The van der Waals surface area contributed by atoms with Crippen molar-refractivity contribution in [1.29, 1.82) is 0 Å². The van der Waals surface area contributed by atoms with Crippen molar-refractivity contribution in [2.24, 2.45) is 5.92 Å². The van der Waals surface area contributed by atoms with Crippen LogP contribution in [0.4, 0.5) is 0 Å². The molecule has 4 nitrogen and oxygen atoms in total. The quantitative estimate of drug-likeness (QED) is 0.619. The number of hydrogen-bond donors (Lipinski definition) is 0. The molecule has 0 spiro atoms. The second kappa shape index (κ2) is 4.96. The molecule has 1 aromatic heterocycles. The van der Waals surface area contributed by atoms with Crippen LogP contribution < -0.4 is 0 Å². The van der Waals surface area contributed by atoms with Crippen LogP contribution in [0.15, 0.2) is 42.7 Å². The Labute approximate surface area is 116 Å². The van der Waals surface area contributed by atoms with Crippen LogP contribution in [0.1, 0.15) is 45.8 Å². The van der Waals surface area contributed by atoms with Crippen LogP contribution in [-0.4, -0.2) is 21.5 Å². The summed E-state index contributed by atoms with van der Waals surface area (Å²) in [5.74, 6) is -0.755. The molecule has 1 aliphatic carbocycles. The first-order valence-corrected chi connectivity index (χ1v) is 6.63. The number of carbonyl (C=O) groups is 2. The van der Waals surface area contributed by atoms with E-state index in [1.165, 1.54) is 12.4 Å². The lowest BCUT2D eigenvalue weighted by Gasteiger charge is -2.26. The Morgan fingerprint density at radius 3 is 2.60 bits per heavy atom. The van der Waals surface area contributed by atoms with Gasteiger partial charge in [-0.2, -0.15) is 0 Å². The van der Waals surface area contributed by atoms with Crippen LogP contribution in [0, 0.1) is 5.92 Å². The highest BCUT2D eigenvalue weighted by Gasteiger charge is 2.37. The molecule has 0 N–H and O–H groups in total. The summed E-state index contributed by atoms with van der Waals surface area (Å²) in [5.41, 5.74) is 1.68. The maximum Gasteiger partial charge on any atom is 0.210 e. The number of hydrogen-bond acceptors (Lipinski definition) is 4. The van der Waals surface area contributed by atoms with E-state index in [2.05, 4.69) is 9.97 Å². The maximum atomic E-state index is 12.5. The molecule has 100 valence electrons. The minimum atomic E-state index is -0.665. The van der Waals surface area contributed by atoms with Crippen molar-refractivity contribution < 1.29 is 9.59 Å². The van der Waals surface area contributed by atoms with E-state index in [1.54, 1.807) is 12.1 Å². The lowest BCUT2D eigenvalue weighted by molar-refractivity contribution is 0.0776. The highest BCUT2D eigenvalue weighted by molar-refractivity contribution is 6.16. The molecule has 1 heterocycles. The van der Waals surface area contributed by atoms with Gasteiger partial charge < -0.3 is 0 Å². The van der Waals surface area contributed by atoms with Crippen molar-refractivity contribution in [2.45, 2.75) is 19.3 Å². The van der Waals surface area contributed by atoms with Crippen molar-refractivity contribution in [3.8, 4) is 0 Å². The Bertz CT molecular complexity index is 667. The molecule has 2 atom stereocenters. The van der Waals surface area contributed by atoms with E-state index in [1.807, 2.05) is 25.1 Å². The molecule has 0 amide bonds. The third-order valence-corrected chi connectivity index (χ3v) is 3.77. The fraction of sp³-hybridized carbons (Fsp3) is 0.250. The zero-order valence-electron chi connectivity index (χ0n) is 11.1. The first-order chi connectivity index (χ1) is 9.68. The van der Waals surface area contributed by atoms with Gasteiger partial charge in [-0.3, -0.25) is 9.59 Å². The lowest BCUT2D eigenvalue weighted by Crippen LogP contribution is -2.32. The van der Waals surface area contributed by atoms with E-state index in [-0.39, 0.29) is 23.3 Å². The fourth-order valence-corrected chi connectivity index (χ4v) is 2.73. The van der Waals surface area contributed by atoms with Crippen LogP contribution in [-0.2, 0) is 0 Å². The highest BCUT2D eigenvalue weighted by atomic mass is 16.2. The molecule has 2 aromatic rings. The smallest absolute Gasteiger partial charge is 0.210 e. The zero-order valence-corrected chi connectivity index (χ0v) is 11.1. The average Bonchev–Trinajstić information content (AvgIpc) is 2.51. The monoisotopic (exact) mass is 266 g/mol. The van der Waals surface area contributed by atoms with Gasteiger partial charge >= 0.3 is 0 Å². The summed E-state index contributed by atoms with van der Waals surface area (Å²) in [6.07, 6.45) is 3.56. The molecule has 1 aromatic carbocycles. The SMILES string of the molecule is CC1CC(C(=O)c2ncccn2)C(=O)c2ccccc21. The van der Waals surface area contributed by atoms with Crippen LogP contribution in [0.3, 0.4) is 0 Å². The molecule has 0 bridgehead atoms. The summed E-state index contributed by atoms with van der Waals surface area (Å²) < 4.78 is 0. The van der Waals surface area contributed by atoms with E-state index in [4.69, 9.17) is 0 Å². The molecule has 0 aliphatic heterocycles. The van der Waals surface area contributed by atoms with E-state index in [0.29, 0.717) is 12.0 Å². The summed E-state index contributed by atoms with van der Waals surface area (Å²) in [4.78, 5) is 32.8. The molecule has 4 heteroatoms. The summed E-state index contributed by atoms with van der Waals surface area (Å²) in [6, 6.07) is 9.15. The number of nitrogens with zero attached hydrogens (tertiary/aromatic N) is 2. The molecule has 1 aliphatic rings. The second-order valence-electron chi connectivity index (χ2n) is 5.08. The minimum absolute atomic E-state index is 0.115. The Balaban J connectivity index is 1.98. The van der Waals surface area contributed by atoms with Crippen LogP contribution >= 0.6 is 0 Å². The molecular weight excluding hydrogens is 252 g/mol. The van der Waals surface area contributed by atoms with E-state index < -0.39 is 5.92 Å². The molecule has 0 saturated carbocycles. The Kier molecular flexibility index (Phi) is 3.14. The standard InChI is InChI=1S/C16H14N2O2/c1-10-9-13(15(20)16-17-7-4-8-18-16)14(19)12-6-3-2-5-11(10)12/h2-8,10,13H,9H2,1H3. The van der Waals surface area contributed by atoms with Crippen molar-refractivity contribution in [3.05, 3.63) is 59.7 Å². The lowest BCUT2D eigenvalue weighted by atomic mass is 9.75. The van der Waals surface area contributed by atoms with Gasteiger partial charge in [-0.25, -0.2) is 9.97 Å². The molecular formula is C16H14N2O2. The molecule has 0 fully saturated rings. The predicted molar refractivity (Wildman–Crippen MR) is 73.7 cm³/mol. The number of aromatic nitrogens is 2. The average molecular weight is 266 g/mol. The first-order valence-electron chi connectivity index (χ1n) is 6.63. The van der Waals surface area contributed by atoms with Crippen molar-refractivity contribution >= 4 is 11.6 Å². The van der Waals surface area contributed by atoms with Crippen LogP contribution in [0.25, 0.3) is 0 Å². The van der Waals surface area contributed by atoms with Gasteiger partial charge in [0.25, 0.3) is 0 Å². The zero-order chi connectivity index (χ0) is 14.1. The van der Waals surface area contributed by atoms with Gasteiger partial charge in [-0.15, -0.1) is 0 Å². The molecule has 0 saturated heterocycles. The van der Waals surface area contributed by atoms with Crippen LogP contribution in [0.2, 0.25) is 0 Å². The Morgan fingerprint density at radius 1 is 1.15 bits per heavy atom. The first kappa shape index (κ1) is 12.7. The summed E-state index contributed by atoms with van der Waals surface area (Å²) in [7, 11) is 0. The van der Waals surface area contributed by atoms with Crippen molar-refractivity contribution in [3.63, 3.8) is 0 Å².